The van der Waals surface area contributed by atoms with E-state index in [2.05, 4.69) is 27.2 Å². The van der Waals surface area contributed by atoms with Gasteiger partial charge in [-0.1, -0.05) is 18.2 Å². The number of nitrogens with one attached hydrogen (secondary N) is 2. The average molecular weight is 381 g/mol. The lowest BCUT2D eigenvalue weighted by Gasteiger charge is -2.11. The summed E-state index contributed by atoms with van der Waals surface area (Å²) < 4.78 is 23.5. The van der Waals surface area contributed by atoms with Crippen molar-refractivity contribution in [1.82, 2.24) is 15.3 Å². The van der Waals surface area contributed by atoms with Crippen molar-refractivity contribution in [3.8, 4) is 11.6 Å². The van der Waals surface area contributed by atoms with Crippen LogP contribution in [0.3, 0.4) is 0 Å². The number of rotatable bonds is 9. The van der Waals surface area contributed by atoms with Crippen molar-refractivity contribution in [1.29, 1.82) is 0 Å². The number of hydrogen-bond acceptors (Lipinski definition) is 6. The van der Waals surface area contributed by atoms with E-state index >= 15 is 0 Å². The SMILES string of the molecule is C=C(CCNC(=O)COc1ccc(Cl)c(F)c1)Nc1cncc(OC)n1. The third-order valence-corrected chi connectivity index (χ3v) is 3.44. The number of carbonyl (C=O) groups is 1. The molecule has 7 nitrogen and oxygen atoms in total. The van der Waals surface area contributed by atoms with Crippen LogP contribution < -0.4 is 20.1 Å². The standard InChI is InChI=1S/C17H18ClFN4O3/c1-11(22-15-8-20-9-17(23-15)25-2)5-6-21-16(24)10-26-12-3-4-13(18)14(19)7-12/h3-4,7-9H,1,5-6,10H2,2H3,(H,21,24)(H,22,23). The fourth-order valence-electron chi connectivity index (χ4n) is 1.87. The van der Waals surface area contributed by atoms with Crippen molar-refractivity contribution in [2.45, 2.75) is 6.42 Å². The average Bonchev–Trinajstić information content (AvgIpc) is 2.63. The highest BCUT2D eigenvalue weighted by Crippen LogP contribution is 2.20. The lowest BCUT2D eigenvalue weighted by atomic mass is 10.3. The van der Waals surface area contributed by atoms with Crippen molar-refractivity contribution < 1.29 is 18.7 Å². The summed E-state index contributed by atoms with van der Waals surface area (Å²) in [5.74, 6) is 0.160. The zero-order chi connectivity index (χ0) is 18.9. The molecule has 9 heteroatoms. The van der Waals surface area contributed by atoms with E-state index in [4.69, 9.17) is 21.1 Å². The number of ether oxygens (including phenoxy) is 2. The molecule has 1 heterocycles. The van der Waals surface area contributed by atoms with E-state index in [-0.39, 0.29) is 23.3 Å². The lowest BCUT2D eigenvalue weighted by Crippen LogP contribution is -2.30. The predicted octanol–water partition coefficient (Wildman–Crippen LogP) is 2.79. The summed E-state index contributed by atoms with van der Waals surface area (Å²) in [6, 6.07) is 3.97. The van der Waals surface area contributed by atoms with Gasteiger partial charge in [-0.05, 0) is 12.1 Å². The maximum Gasteiger partial charge on any atom is 0.257 e. The second kappa shape index (κ2) is 9.57. The van der Waals surface area contributed by atoms with Crippen LogP contribution in [0.2, 0.25) is 5.02 Å². The zero-order valence-electron chi connectivity index (χ0n) is 14.1. The first-order valence-electron chi connectivity index (χ1n) is 7.63. The number of methoxy groups -OCH3 is 1. The maximum absolute atomic E-state index is 13.3. The van der Waals surface area contributed by atoms with Crippen LogP contribution in [0.15, 0.2) is 42.9 Å². The highest BCUT2D eigenvalue weighted by Gasteiger charge is 2.06. The molecule has 0 fully saturated rings. The zero-order valence-corrected chi connectivity index (χ0v) is 14.8. The molecule has 0 atom stereocenters. The smallest absolute Gasteiger partial charge is 0.257 e. The third kappa shape index (κ3) is 6.21. The molecule has 0 aliphatic rings. The molecule has 1 aromatic heterocycles. The quantitative estimate of drug-likeness (QED) is 0.695. The highest BCUT2D eigenvalue weighted by molar-refractivity contribution is 6.30. The van der Waals surface area contributed by atoms with E-state index in [0.717, 1.165) is 6.07 Å². The number of aromatic nitrogens is 2. The number of anilines is 1. The highest BCUT2D eigenvalue weighted by atomic mass is 35.5. The van der Waals surface area contributed by atoms with Crippen molar-refractivity contribution >= 4 is 23.3 Å². The van der Waals surface area contributed by atoms with Crippen molar-refractivity contribution in [3.63, 3.8) is 0 Å². The second-order valence-corrected chi connectivity index (χ2v) is 5.55. The first-order valence-corrected chi connectivity index (χ1v) is 8.01. The molecule has 0 spiro atoms. The van der Waals surface area contributed by atoms with Gasteiger partial charge in [-0.15, -0.1) is 0 Å². The first-order chi connectivity index (χ1) is 12.5. The van der Waals surface area contributed by atoms with Gasteiger partial charge in [-0.2, -0.15) is 4.98 Å². The number of benzene rings is 1. The first kappa shape index (κ1) is 19.5. The molecule has 0 aliphatic carbocycles. The summed E-state index contributed by atoms with van der Waals surface area (Å²) in [5.41, 5.74) is 0.647. The van der Waals surface area contributed by atoms with E-state index in [9.17, 15) is 9.18 Å². The monoisotopic (exact) mass is 380 g/mol. The molecular formula is C17H18ClFN4O3. The lowest BCUT2D eigenvalue weighted by molar-refractivity contribution is -0.123. The van der Waals surface area contributed by atoms with Crippen LogP contribution in [0.25, 0.3) is 0 Å². The maximum atomic E-state index is 13.3. The molecular weight excluding hydrogens is 363 g/mol. The molecule has 2 rings (SSSR count). The molecule has 2 aromatic rings. The van der Waals surface area contributed by atoms with Gasteiger partial charge in [-0.25, -0.2) is 4.39 Å². The molecule has 0 saturated carbocycles. The Morgan fingerprint density at radius 2 is 2.19 bits per heavy atom. The summed E-state index contributed by atoms with van der Waals surface area (Å²) in [7, 11) is 1.50. The van der Waals surface area contributed by atoms with Gasteiger partial charge in [0.25, 0.3) is 5.91 Å². The number of halogens is 2. The van der Waals surface area contributed by atoms with Crippen LogP contribution in [0.1, 0.15) is 6.42 Å². The second-order valence-electron chi connectivity index (χ2n) is 5.14. The van der Waals surface area contributed by atoms with Crippen LogP contribution >= 0.6 is 11.6 Å². The molecule has 138 valence electrons. The fraction of sp³-hybridized carbons (Fsp3) is 0.235. The Labute approximate surface area is 155 Å². The van der Waals surface area contributed by atoms with Crippen LogP contribution in [0, 0.1) is 5.82 Å². The number of hydrogen-bond donors (Lipinski definition) is 2. The van der Waals surface area contributed by atoms with Crippen LogP contribution in [0.4, 0.5) is 10.2 Å². The molecule has 2 N–H and O–H groups in total. The largest absolute Gasteiger partial charge is 0.484 e. The fourth-order valence-corrected chi connectivity index (χ4v) is 1.99. The Morgan fingerprint density at radius 1 is 1.38 bits per heavy atom. The number of amides is 1. The Hall–Kier alpha value is -2.87. The molecule has 0 unspecified atom stereocenters. The van der Waals surface area contributed by atoms with E-state index in [1.54, 1.807) is 0 Å². The molecule has 1 aromatic carbocycles. The van der Waals surface area contributed by atoms with Gasteiger partial charge < -0.3 is 20.1 Å². The van der Waals surface area contributed by atoms with Crippen molar-refractivity contribution in [2.24, 2.45) is 0 Å². The summed E-state index contributed by atoms with van der Waals surface area (Å²) >= 11 is 5.58. The summed E-state index contributed by atoms with van der Waals surface area (Å²) in [5, 5.41) is 5.64. The Balaban J connectivity index is 1.68. The van der Waals surface area contributed by atoms with Gasteiger partial charge in [0.15, 0.2) is 12.4 Å². The third-order valence-electron chi connectivity index (χ3n) is 3.14. The van der Waals surface area contributed by atoms with Gasteiger partial charge in [0.05, 0.1) is 24.5 Å². The number of nitrogens with zero attached hydrogens (tertiary/aromatic N) is 2. The molecule has 0 saturated heterocycles. The molecule has 0 radical (unpaired) electrons. The van der Waals surface area contributed by atoms with Gasteiger partial charge in [0.2, 0.25) is 5.88 Å². The van der Waals surface area contributed by atoms with E-state index < -0.39 is 5.82 Å². The Kier molecular flexibility index (Phi) is 7.16. The van der Waals surface area contributed by atoms with Gasteiger partial charge in [0, 0.05) is 24.7 Å². The minimum atomic E-state index is -0.604. The Morgan fingerprint density at radius 3 is 2.92 bits per heavy atom. The summed E-state index contributed by atoms with van der Waals surface area (Å²) in [6.45, 7) is 3.97. The summed E-state index contributed by atoms with van der Waals surface area (Å²) in [6.07, 6.45) is 3.49. The minimum absolute atomic E-state index is 0.00598. The topological polar surface area (TPSA) is 85.4 Å². The van der Waals surface area contributed by atoms with Crippen molar-refractivity contribution in [3.05, 3.63) is 53.7 Å². The van der Waals surface area contributed by atoms with Crippen LogP contribution in [0.5, 0.6) is 11.6 Å². The number of carbonyl (C=O) groups excluding carboxylic acids is 1. The molecule has 1 amide bonds. The predicted molar refractivity (Wildman–Crippen MR) is 95.9 cm³/mol. The van der Waals surface area contributed by atoms with Gasteiger partial charge in [-0.3, -0.25) is 9.78 Å². The van der Waals surface area contributed by atoms with E-state index in [1.165, 1.54) is 31.6 Å². The van der Waals surface area contributed by atoms with Gasteiger partial charge >= 0.3 is 0 Å². The van der Waals surface area contributed by atoms with Gasteiger partial charge in [0.1, 0.15) is 11.6 Å². The molecule has 0 bridgehead atoms. The van der Waals surface area contributed by atoms with Crippen LogP contribution in [-0.2, 0) is 4.79 Å². The van der Waals surface area contributed by atoms with E-state index in [1.807, 2.05) is 0 Å². The van der Waals surface area contributed by atoms with E-state index in [0.29, 0.717) is 30.4 Å². The van der Waals surface area contributed by atoms with Crippen molar-refractivity contribution in [2.75, 3.05) is 25.6 Å². The minimum Gasteiger partial charge on any atom is -0.484 e. The summed E-state index contributed by atoms with van der Waals surface area (Å²) in [4.78, 5) is 19.9. The molecule has 0 aliphatic heterocycles. The van der Waals surface area contributed by atoms with Crippen LogP contribution in [-0.4, -0.2) is 36.1 Å². The normalized spacial score (nSPS) is 10.1. The molecule has 26 heavy (non-hydrogen) atoms. The Bertz CT molecular complexity index is 788.